The summed E-state index contributed by atoms with van der Waals surface area (Å²) in [6.07, 6.45) is 6.61. The van der Waals surface area contributed by atoms with Gasteiger partial charge >= 0.3 is 12.1 Å². The predicted molar refractivity (Wildman–Crippen MR) is 241 cm³/mol. The second-order valence-corrected chi connectivity index (χ2v) is 14.1. The van der Waals surface area contributed by atoms with Crippen LogP contribution in [0.15, 0.2) is 122 Å². The van der Waals surface area contributed by atoms with Crippen molar-refractivity contribution in [3.8, 4) is 33.8 Å². The number of urea groups is 2. The Kier molecular flexibility index (Phi) is 12.1. The van der Waals surface area contributed by atoms with Gasteiger partial charge in [0.2, 0.25) is 0 Å². The summed E-state index contributed by atoms with van der Waals surface area (Å²) in [7, 11) is 3.07. The van der Waals surface area contributed by atoms with E-state index in [2.05, 4.69) is 41.2 Å². The predicted octanol–water partition coefficient (Wildman–Crippen LogP) is 8.58. The van der Waals surface area contributed by atoms with Gasteiger partial charge in [-0.25, -0.2) is 9.59 Å². The highest BCUT2D eigenvalue weighted by Gasteiger charge is 2.19. The maximum absolute atomic E-state index is 12.4. The molecule has 0 atom stereocenters. The van der Waals surface area contributed by atoms with Gasteiger partial charge in [-0.1, -0.05) is 36.4 Å². The summed E-state index contributed by atoms with van der Waals surface area (Å²) in [5.41, 5.74) is 20.7. The number of hydrogen-bond acceptors (Lipinski definition) is 8. The number of hydrogen-bond donors (Lipinski definition) is 8. The Morgan fingerprint density at radius 3 is 1.45 bits per heavy atom. The van der Waals surface area contributed by atoms with Gasteiger partial charge in [-0.05, 0) is 78.6 Å². The minimum absolute atomic E-state index is 0.304. The van der Waals surface area contributed by atoms with Crippen molar-refractivity contribution in [3.63, 3.8) is 0 Å². The van der Waals surface area contributed by atoms with Gasteiger partial charge in [-0.15, -0.1) is 0 Å². The van der Waals surface area contributed by atoms with Crippen molar-refractivity contribution in [2.24, 2.45) is 11.5 Å². The van der Waals surface area contributed by atoms with Gasteiger partial charge in [-0.3, -0.25) is 19.6 Å². The largest absolute Gasteiger partial charge is 0.497 e. The maximum atomic E-state index is 12.4. The zero-order valence-corrected chi connectivity index (χ0v) is 34.0. The number of aromatic nitrogens is 4. The van der Waals surface area contributed by atoms with Crippen molar-refractivity contribution >= 4 is 68.4 Å². The monoisotopic (exact) mass is 830 g/mol. The molecule has 16 heteroatoms. The fraction of sp³-hybridized carbons (Fsp3) is 0.0870. The van der Waals surface area contributed by atoms with E-state index in [1.807, 2.05) is 56.3 Å². The van der Waals surface area contributed by atoms with Crippen LogP contribution >= 0.6 is 0 Å². The van der Waals surface area contributed by atoms with Gasteiger partial charge in [0.1, 0.15) is 22.9 Å². The lowest BCUT2D eigenvalue weighted by molar-refractivity contribution is 0.0988. The molecule has 4 aromatic heterocycles. The highest BCUT2D eigenvalue weighted by atomic mass is 16.5. The van der Waals surface area contributed by atoms with E-state index in [9.17, 15) is 19.2 Å². The van der Waals surface area contributed by atoms with E-state index in [4.69, 9.17) is 20.9 Å². The van der Waals surface area contributed by atoms with Gasteiger partial charge in [-0.2, -0.15) is 0 Å². The first-order valence-corrected chi connectivity index (χ1v) is 19.1. The zero-order chi connectivity index (χ0) is 43.9. The molecule has 8 aromatic rings. The molecule has 4 heterocycles. The van der Waals surface area contributed by atoms with Crippen molar-refractivity contribution < 1.29 is 28.7 Å². The van der Waals surface area contributed by atoms with Gasteiger partial charge in [0, 0.05) is 75.2 Å². The number of methoxy groups -OCH3 is 2. The number of pyridine rings is 2. The van der Waals surface area contributed by atoms with E-state index in [0.717, 1.165) is 44.2 Å². The summed E-state index contributed by atoms with van der Waals surface area (Å²) in [5.74, 6) is 0.00850. The smallest absolute Gasteiger partial charge is 0.323 e. The number of fused-ring (bicyclic) bond motifs is 2. The van der Waals surface area contributed by atoms with Gasteiger partial charge < -0.3 is 52.2 Å². The van der Waals surface area contributed by atoms with Crippen molar-refractivity contribution in [2.75, 3.05) is 35.5 Å². The lowest BCUT2D eigenvalue weighted by Crippen LogP contribution is -2.20. The fourth-order valence-electron chi connectivity index (χ4n) is 6.83. The van der Waals surface area contributed by atoms with Crippen LogP contribution < -0.4 is 42.2 Å². The number of aryl methyl sites for hydroxylation is 2. The molecule has 8 rings (SSSR count). The fourth-order valence-corrected chi connectivity index (χ4v) is 6.83. The van der Waals surface area contributed by atoms with Crippen LogP contribution in [0.4, 0.5) is 32.3 Å². The SMILES string of the molecule is COc1cc(NC(=O)Nc2ccc(-c3c(C(N)=O)[nH]c4cnccc34)cc2)cc(OC)c1.Cc1ccc(C)c(NC(=O)Nc2ccc(-c3c(C(N)=O)[nH]c4cnccc34)cc2)c1. The van der Waals surface area contributed by atoms with Crippen molar-refractivity contribution in [1.29, 1.82) is 0 Å². The molecule has 0 aliphatic heterocycles. The molecule has 312 valence electrons. The summed E-state index contributed by atoms with van der Waals surface area (Å²) < 4.78 is 10.4. The molecule has 62 heavy (non-hydrogen) atoms. The van der Waals surface area contributed by atoms with Crippen LogP contribution in [0.25, 0.3) is 44.1 Å². The second kappa shape index (κ2) is 18.1. The highest BCUT2D eigenvalue weighted by Crippen LogP contribution is 2.34. The Hall–Kier alpha value is -8.66. The quantitative estimate of drug-likeness (QED) is 0.0662. The topological polar surface area (TPSA) is 244 Å². The van der Waals surface area contributed by atoms with Crippen molar-refractivity contribution in [2.45, 2.75) is 13.8 Å². The Bertz CT molecular complexity index is 2940. The molecule has 16 nitrogen and oxygen atoms in total. The third kappa shape index (κ3) is 9.29. The molecule has 0 fully saturated rings. The summed E-state index contributed by atoms with van der Waals surface area (Å²) in [5, 5.41) is 12.9. The number of amides is 6. The number of ether oxygens (including phenoxy) is 2. The van der Waals surface area contributed by atoms with E-state index < -0.39 is 17.8 Å². The van der Waals surface area contributed by atoms with E-state index >= 15 is 0 Å². The normalized spacial score (nSPS) is 10.6. The molecule has 0 spiro atoms. The molecular weight excluding hydrogens is 789 g/mol. The van der Waals surface area contributed by atoms with Crippen LogP contribution in [-0.4, -0.2) is 58.0 Å². The number of anilines is 4. The molecule has 0 unspecified atom stereocenters. The molecule has 6 amide bonds. The summed E-state index contributed by atoms with van der Waals surface area (Å²) in [4.78, 5) is 62.8. The number of benzene rings is 4. The standard InChI is InChI=1S/C23H21N5O4.C23H21N5O2/c1-31-16-9-15(10-17(11-16)32-2)27-23(30)26-14-5-3-13(4-6-14)20-18-7-8-25-12-19(18)28-21(20)22(24)29;1-13-3-4-14(2)18(11-13)28-23(30)26-16-7-5-15(6-8-16)20-17-9-10-25-12-19(17)27-21(20)22(24)29/h3-12,28H,1-2H3,(H2,24,29)(H2,26,27,30);3-12,27H,1-2H3,(H2,24,29)(H2,26,28,30). The minimum atomic E-state index is -0.563. The lowest BCUT2D eigenvalue weighted by atomic mass is 10.0. The lowest BCUT2D eigenvalue weighted by Gasteiger charge is -2.11. The zero-order valence-electron chi connectivity index (χ0n) is 34.0. The molecule has 0 bridgehead atoms. The van der Waals surface area contributed by atoms with E-state index in [0.29, 0.717) is 56.6 Å². The molecule has 0 aliphatic rings. The van der Waals surface area contributed by atoms with Gasteiger partial charge in [0.15, 0.2) is 0 Å². The van der Waals surface area contributed by atoms with E-state index in [1.54, 1.807) is 79.4 Å². The molecular formula is C46H42N10O6. The molecule has 0 aliphatic carbocycles. The third-order valence-corrected chi connectivity index (χ3v) is 9.81. The summed E-state index contributed by atoms with van der Waals surface area (Å²) >= 11 is 0. The Morgan fingerprint density at radius 2 is 1.00 bits per heavy atom. The summed E-state index contributed by atoms with van der Waals surface area (Å²) in [6.45, 7) is 3.92. The molecule has 4 aromatic carbocycles. The van der Waals surface area contributed by atoms with Crippen LogP contribution in [0, 0.1) is 13.8 Å². The average molecular weight is 831 g/mol. The van der Waals surface area contributed by atoms with Crippen LogP contribution in [0.1, 0.15) is 32.1 Å². The number of aromatic amines is 2. The number of H-pyrrole nitrogens is 2. The Balaban J connectivity index is 0.000000187. The van der Waals surface area contributed by atoms with Gasteiger partial charge in [0.25, 0.3) is 11.8 Å². The van der Waals surface area contributed by atoms with Crippen LogP contribution in [0.5, 0.6) is 11.5 Å². The molecule has 10 N–H and O–H groups in total. The Morgan fingerprint density at radius 1 is 0.548 bits per heavy atom. The molecule has 0 radical (unpaired) electrons. The number of carbonyl (C=O) groups excluding carboxylic acids is 4. The number of primary amides is 2. The number of rotatable bonds is 10. The molecule has 0 saturated carbocycles. The van der Waals surface area contributed by atoms with Crippen LogP contribution in [0.2, 0.25) is 0 Å². The Labute approximate surface area is 355 Å². The number of nitrogens with two attached hydrogens (primary N) is 2. The van der Waals surface area contributed by atoms with Crippen molar-refractivity contribution in [3.05, 3.63) is 144 Å². The average Bonchev–Trinajstić information content (AvgIpc) is 3.86. The van der Waals surface area contributed by atoms with E-state index in [-0.39, 0.29) is 6.03 Å². The summed E-state index contributed by atoms with van der Waals surface area (Å²) in [6, 6.07) is 28.2. The maximum Gasteiger partial charge on any atom is 0.323 e. The first-order valence-electron chi connectivity index (χ1n) is 19.1. The molecule has 0 saturated heterocycles. The van der Waals surface area contributed by atoms with Crippen LogP contribution in [-0.2, 0) is 0 Å². The first kappa shape index (κ1) is 41.5. The minimum Gasteiger partial charge on any atom is -0.497 e. The number of nitrogens with one attached hydrogen (secondary N) is 6. The second-order valence-electron chi connectivity index (χ2n) is 14.1. The van der Waals surface area contributed by atoms with E-state index in [1.165, 1.54) is 14.2 Å². The van der Waals surface area contributed by atoms with Crippen molar-refractivity contribution in [1.82, 2.24) is 19.9 Å². The van der Waals surface area contributed by atoms with Gasteiger partial charge in [0.05, 0.1) is 37.6 Å². The number of carbonyl (C=O) groups is 4. The van der Waals surface area contributed by atoms with Crippen LogP contribution in [0.3, 0.4) is 0 Å². The third-order valence-electron chi connectivity index (χ3n) is 9.81. The number of nitrogens with zero attached hydrogens (tertiary/aromatic N) is 2. The highest BCUT2D eigenvalue weighted by molar-refractivity contribution is 6.10. The first-order chi connectivity index (χ1) is 29.9.